The number of aromatic nitrogens is 2. The highest BCUT2D eigenvalue weighted by molar-refractivity contribution is 6.33. The lowest BCUT2D eigenvalue weighted by molar-refractivity contribution is -0.143. The van der Waals surface area contributed by atoms with Crippen LogP contribution >= 0.6 is 23.2 Å². The number of esters is 1. The smallest absolute Gasteiger partial charge is 0.332 e. The minimum Gasteiger partial charge on any atom is -0.465 e. The van der Waals surface area contributed by atoms with Crippen molar-refractivity contribution in [3.05, 3.63) is 78.9 Å². The summed E-state index contributed by atoms with van der Waals surface area (Å²) in [6, 6.07) is 11.4. The van der Waals surface area contributed by atoms with Gasteiger partial charge in [-0.15, -0.1) is 0 Å². The van der Waals surface area contributed by atoms with Crippen LogP contribution in [0.15, 0.2) is 52.1 Å². The average molecular weight is 407 g/mol. The zero-order chi connectivity index (χ0) is 19.6. The van der Waals surface area contributed by atoms with Crippen LogP contribution in [-0.2, 0) is 22.6 Å². The van der Waals surface area contributed by atoms with Gasteiger partial charge in [0.15, 0.2) is 0 Å². The Morgan fingerprint density at radius 2 is 1.81 bits per heavy atom. The fourth-order valence-electron chi connectivity index (χ4n) is 2.83. The number of para-hydroxylation sites is 1. The molecule has 3 aromatic rings. The molecule has 0 fully saturated rings. The predicted molar refractivity (Wildman–Crippen MR) is 105 cm³/mol. The van der Waals surface area contributed by atoms with Gasteiger partial charge in [0, 0.05) is 10.0 Å². The third-order valence-electron chi connectivity index (χ3n) is 4.06. The average Bonchev–Trinajstić information content (AvgIpc) is 2.65. The zero-order valence-electron chi connectivity index (χ0n) is 14.4. The van der Waals surface area contributed by atoms with Crippen LogP contribution < -0.4 is 11.2 Å². The number of fused-ring (bicyclic) bond motifs is 1. The molecule has 0 amide bonds. The molecular formula is C19H16Cl2N2O4. The van der Waals surface area contributed by atoms with E-state index in [1.807, 2.05) is 0 Å². The highest BCUT2D eigenvalue weighted by Crippen LogP contribution is 2.21. The second-order valence-electron chi connectivity index (χ2n) is 5.82. The second kappa shape index (κ2) is 7.98. The Morgan fingerprint density at radius 3 is 2.56 bits per heavy atom. The molecule has 0 saturated heterocycles. The number of hydrogen-bond donors (Lipinski definition) is 0. The van der Waals surface area contributed by atoms with Crippen molar-refractivity contribution in [2.45, 2.75) is 20.0 Å². The van der Waals surface area contributed by atoms with Gasteiger partial charge in [-0.25, -0.2) is 4.79 Å². The van der Waals surface area contributed by atoms with Gasteiger partial charge < -0.3 is 4.74 Å². The van der Waals surface area contributed by atoms with E-state index in [1.54, 1.807) is 49.4 Å². The fraction of sp³-hybridized carbons (Fsp3) is 0.211. The van der Waals surface area contributed by atoms with Crippen LogP contribution in [0.2, 0.25) is 10.0 Å². The summed E-state index contributed by atoms with van der Waals surface area (Å²) < 4.78 is 7.22. The quantitative estimate of drug-likeness (QED) is 0.610. The lowest BCUT2D eigenvalue weighted by Crippen LogP contribution is -2.41. The van der Waals surface area contributed by atoms with Crippen molar-refractivity contribution in [2.24, 2.45) is 0 Å². The van der Waals surface area contributed by atoms with Crippen LogP contribution in [0.5, 0.6) is 0 Å². The van der Waals surface area contributed by atoms with Crippen LogP contribution in [-0.4, -0.2) is 21.7 Å². The highest BCUT2D eigenvalue weighted by atomic mass is 35.5. The maximum absolute atomic E-state index is 13.0. The Hall–Kier alpha value is -2.57. The number of nitrogens with zero attached hydrogens (tertiary/aromatic N) is 2. The summed E-state index contributed by atoms with van der Waals surface area (Å²) >= 11 is 12.2. The zero-order valence-corrected chi connectivity index (χ0v) is 16.0. The monoisotopic (exact) mass is 406 g/mol. The first kappa shape index (κ1) is 19.2. The topological polar surface area (TPSA) is 70.3 Å². The second-order valence-corrected chi connectivity index (χ2v) is 6.66. The van der Waals surface area contributed by atoms with E-state index in [0.29, 0.717) is 26.5 Å². The number of benzene rings is 2. The highest BCUT2D eigenvalue weighted by Gasteiger charge is 2.16. The number of halogens is 2. The van der Waals surface area contributed by atoms with Crippen LogP contribution in [0.25, 0.3) is 10.9 Å². The van der Waals surface area contributed by atoms with Gasteiger partial charge >= 0.3 is 11.7 Å². The van der Waals surface area contributed by atoms with Gasteiger partial charge in [0.2, 0.25) is 0 Å². The molecule has 0 aliphatic rings. The summed E-state index contributed by atoms with van der Waals surface area (Å²) in [5.41, 5.74) is -0.190. The minimum atomic E-state index is -0.622. The molecule has 1 aromatic heterocycles. The first-order valence-electron chi connectivity index (χ1n) is 8.24. The van der Waals surface area contributed by atoms with Gasteiger partial charge in [-0.05, 0) is 42.8 Å². The third kappa shape index (κ3) is 3.91. The Morgan fingerprint density at radius 1 is 1.07 bits per heavy atom. The van der Waals surface area contributed by atoms with Crippen molar-refractivity contribution < 1.29 is 9.53 Å². The summed E-state index contributed by atoms with van der Waals surface area (Å²) in [7, 11) is 0. The number of carbonyl (C=O) groups is 1. The molecule has 140 valence electrons. The van der Waals surface area contributed by atoms with Crippen molar-refractivity contribution >= 4 is 40.1 Å². The summed E-state index contributed by atoms with van der Waals surface area (Å²) in [6.07, 6.45) is 0. The standard InChI is InChI=1S/C19H16Cl2N2O4/c1-2-27-17(24)11-22-16-6-4-3-5-14(16)18(25)23(19(22)26)10-12-9-13(20)7-8-15(12)21/h3-9H,2,10-11H2,1H3. The van der Waals surface area contributed by atoms with Crippen LogP contribution in [0.4, 0.5) is 0 Å². The number of rotatable bonds is 5. The van der Waals surface area contributed by atoms with E-state index in [1.165, 1.54) is 4.57 Å². The molecule has 0 aliphatic heterocycles. The maximum atomic E-state index is 13.0. The van der Waals surface area contributed by atoms with Gasteiger partial charge in [-0.2, -0.15) is 0 Å². The first-order chi connectivity index (χ1) is 12.9. The van der Waals surface area contributed by atoms with Crippen molar-refractivity contribution in [1.29, 1.82) is 0 Å². The Balaban J connectivity index is 2.21. The Labute approximate surface area is 164 Å². The predicted octanol–water partition coefficient (Wildman–Crippen LogP) is 3.08. The maximum Gasteiger partial charge on any atom is 0.332 e. The SMILES string of the molecule is CCOC(=O)Cn1c(=O)n(Cc2cc(Cl)ccc2Cl)c(=O)c2ccccc21. The number of hydrogen-bond acceptors (Lipinski definition) is 4. The van der Waals surface area contributed by atoms with Crippen molar-refractivity contribution in [3.8, 4) is 0 Å². The molecule has 27 heavy (non-hydrogen) atoms. The van der Waals surface area contributed by atoms with E-state index >= 15 is 0 Å². The van der Waals surface area contributed by atoms with E-state index in [0.717, 1.165) is 4.57 Å². The van der Waals surface area contributed by atoms with Gasteiger partial charge in [0.05, 0.1) is 24.1 Å². The molecule has 3 rings (SSSR count). The first-order valence-corrected chi connectivity index (χ1v) is 9.00. The fourth-order valence-corrected chi connectivity index (χ4v) is 3.21. The summed E-state index contributed by atoms with van der Waals surface area (Å²) in [6.45, 7) is 1.52. The molecule has 6 nitrogen and oxygen atoms in total. The molecule has 0 unspecified atom stereocenters. The van der Waals surface area contributed by atoms with Crippen LogP contribution in [0.3, 0.4) is 0 Å². The molecule has 0 atom stereocenters. The van der Waals surface area contributed by atoms with E-state index in [9.17, 15) is 14.4 Å². The van der Waals surface area contributed by atoms with E-state index in [-0.39, 0.29) is 19.7 Å². The van der Waals surface area contributed by atoms with Gasteiger partial charge in [-0.3, -0.25) is 18.7 Å². The largest absolute Gasteiger partial charge is 0.465 e. The van der Waals surface area contributed by atoms with E-state index < -0.39 is 17.2 Å². The molecular weight excluding hydrogens is 391 g/mol. The van der Waals surface area contributed by atoms with Crippen molar-refractivity contribution in [1.82, 2.24) is 9.13 Å². The van der Waals surface area contributed by atoms with Crippen LogP contribution in [0.1, 0.15) is 12.5 Å². The molecule has 0 bridgehead atoms. The molecule has 2 aromatic carbocycles. The summed E-state index contributed by atoms with van der Waals surface area (Å²) in [5, 5.41) is 1.14. The molecule has 0 spiro atoms. The lowest BCUT2D eigenvalue weighted by atomic mass is 10.2. The summed E-state index contributed by atoms with van der Waals surface area (Å²) in [4.78, 5) is 37.8. The van der Waals surface area contributed by atoms with E-state index in [2.05, 4.69) is 0 Å². The van der Waals surface area contributed by atoms with Gasteiger partial charge in [-0.1, -0.05) is 35.3 Å². The van der Waals surface area contributed by atoms with Gasteiger partial charge in [0.1, 0.15) is 6.54 Å². The Bertz CT molecular complexity index is 1130. The summed E-state index contributed by atoms with van der Waals surface area (Å²) in [5.74, 6) is -0.559. The molecule has 8 heteroatoms. The lowest BCUT2D eigenvalue weighted by Gasteiger charge is -2.14. The minimum absolute atomic E-state index is 0.0648. The Kier molecular flexibility index (Phi) is 5.68. The third-order valence-corrected chi connectivity index (χ3v) is 4.66. The number of ether oxygens (including phenoxy) is 1. The van der Waals surface area contributed by atoms with Crippen LogP contribution in [0, 0.1) is 0 Å². The molecule has 0 N–H and O–H groups in total. The normalized spacial score (nSPS) is 10.9. The molecule has 0 saturated carbocycles. The van der Waals surface area contributed by atoms with Crippen molar-refractivity contribution in [2.75, 3.05) is 6.61 Å². The molecule has 1 heterocycles. The number of carbonyl (C=O) groups excluding carboxylic acids is 1. The molecule has 0 aliphatic carbocycles. The van der Waals surface area contributed by atoms with Gasteiger partial charge in [0.25, 0.3) is 5.56 Å². The molecule has 0 radical (unpaired) electrons. The van der Waals surface area contributed by atoms with Crippen molar-refractivity contribution in [3.63, 3.8) is 0 Å². The van der Waals surface area contributed by atoms with E-state index in [4.69, 9.17) is 27.9 Å².